The fourth-order valence-electron chi connectivity index (χ4n) is 1.41. The standard InChI is InChI=1S/C9H16BN3O2/c1-8(2)9(3,4)15-10(14-8)7-11-6-13(5)12-7/h6H,1-5H3. The van der Waals surface area contributed by atoms with Crippen molar-refractivity contribution in [3.05, 3.63) is 6.33 Å². The lowest BCUT2D eigenvalue weighted by molar-refractivity contribution is 0.00578. The Labute approximate surface area is 89.9 Å². The van der Waals surface area contributed by atoms with Crippen LogP contribution in [0.4, 0.5) is 0 Å². The molecule has 1 fully saturated rings. The van der Waals surface area contributed by atoms with Crippen LogP contribution >= 0.6 is 0 Å². The normalized spacial score (nSPS) is 23.4. The summed E-state index contributed by atoms with van der Waals surface area (Å²) >= 11 is 0. The number of aryl methyl sites for hydroxylation is 1. The van der Waals surface area contributed by atoms with Gasteiger partial charge < -0.3 is 9.31 Å². The Morgan fingerprint density at radius 3 is 2.13 bits per heavy atom. The van der Waals surface area contributed by atoms with Crippen molar-refractivity contribution in [2.75, 3.05) is 0 Å². The minimum atomic E-state index is -0.462. The molecule has 0 aliphatic carbocycles. The first-order valence-corrected chi connectivity index (χ1v) is 5.03. The third kappa shape index (κ3) is 1.68. The van der Waals surface area contributed by atoms with E-state index in [2.05, 4.69) is 10.1 Å². The van der Waals surface area contributed by atoms with Gasteiger partial charge in [-0.05, 0) is 27.7 Å². The third-order valence-electron chi connectivity index (χ3n) is 3.08. The van der Waals surface area contributed by atoms with Crippen LogP contribution in [0.25, 0.3) is 0 Å². The van der Waals surface area contributed by atoms with E-state index in [1.807, 2.05) is 34.7 Å². The van der Waals surface area contributed by atoms with Crippen LogP contribution in [0.5, 0.6) is 0 Å². The maximum absolute atomic E-state index is 5.80. The van der Waals surface area contributed by atoms with E-state index in [1.54, 1.807) is 11.0 Å². The first kappa shape index (κ1) is 10.6. The summed E-state index contributed by atoms with van der Waals surface area (Å²) in [7, 11) is 1.36. The molecule has 1 aliphatic heterocycles. The molecule has 0 N–H and O–H groups in total. The number of hydrogen-bond donors (Lipinski definition) is 0. The highest BCUT2D eigenvalue weighted by Crippen LogP contribution is 2.36. The van der Waals surface area contributed by atoms with Gasteiger partial charge in [-0.2, -0.15) is 5.10 Å². The smallest absolute Gasteiger partial charge is 0.397 e. The van der Waals surface area contributed by atoms with Gasteiger partial charge in [-0.1, -0.05) is 0 Å². The zero-order valence-corrected chi connectivity index (χ0v) is 9.81. The second-order valence-electron chi connectivity index (χ2n) is 4.86. The summed E-state index contributed by atoms with van der Waals surface area (Å²) in [5.74, 6) is 0. The molecule has 0 bridgehead atoms. The number of hydrogen-bond acceptors (Lipinski definition) is 4. The third-order valence-corrected chi connectivity index (χ3v) is 3.08. The van der Waals surface area contributed by atoms with Crippen molar-refractivity contribution < 1.29 is 9.31 Å². The fraction of sp³-hybridized carbons (Fsp3) is 0.778. The van der Waals surface area contributed by atoms with E-state index >= 15 is 0 Å². The predicted molar refractivity (Wildman–Crippen MR) is 56.7 cm³/mol. The van der Waals surface area contributed by atoms with E-state index in [0.29, 0.717) is 5.72 Å². The summed E-state index contributed by atoms with van der Waals surface area (Å²) in [4.78, 5) is 4.13. The van der Waals surface area contributed by atoms with E-state index in [-0.39, 0.29) is 11.2 Å². The van der Waals surface area contributed by atoms with Crippen molar-refractivity contribution in [3.63, 3.8) is 0 Å². The molecule has 1 aromatic rings. The molecule has 0 aromatic carbocycles. The zero-order valence-electron chi connectivity index (χ0n) is 9.81. The molecule has 1 aromatic heterocycles. The first-order chi connectivity index (χ1) is 6.82. The second kappa shape index (κ2) is 3.06. The fourth-order valence-corrected chi connectivity index (χ4v) is 1.41. The van der Waals surface area contributed by atoms with Gasteiger partial charge in [0.1, 0.15) is 6.33 Å². The topological polar surface area (TPSA) is 49.2 Å². The van der Waals surface area contributed by atoms with Gasteiger partial charge in [0, 0.05) is 7.05 Å². The molecule has 0 radical (unpaired) electrons. The van der Waals surface area contributed by atoms with Crippen LogP contribution in [-0.4, -0.2) is 33.1 Å². The molecule has 0 saturated carbocycles. The lowest BCUT2D eigenvalue weighted by Crippen LogP contribution is -2.41. The minimum absolute atomic E-state index is 0.336. The Balaban J connectivity index is 2.23. The Bertz CT molecular complexity index is 359. The molecule has 6 heteroatoms. The van der Waals surface area contributed by atoms with Crippen LogP contribution in [-0.2, 0) is 16.4 Å². The number of rotatable bonds is 1. The highest BCUT2D eigenvalue weighted by Gasteiger charge is 2.53. The molecule has 1 saturated heterocycles. The molecule has 1 aliphatic rings. The summed E-state index contributed by atoms with van der Waals surface area (Å²) in [6.45, 7) is 8.04. The first-order valence-electron chi connectivity index (χ1n) is 5.03. The van der Waals surface area contributed by atoms with Crippen LogP contribution in [0.2, 0.25) is 0 Å². The summed E-state index contributed by atoms with van der Waals surface area (Å²) < 4.78 is 13.2. The van der Waals surface area contributed by atoms with Crippen molar-refractivity contribution >= 4 is 12.8 Å². The Hall–Kier alpha value is -0.875. The van der Waals surface area contributed by atoms with Crippen LogP contribution < -0.4 is 5.72 Å². The minimum Gasteiger partial charge on any atom is -0.397 e. The number of aromatic nitrogens is 3. The number of nitrogens with zero attached hydrogens (tertiary/aromatic N) is 3. The van der Waals surface area contributed by atoms with Crippen LogP contribution in [0.15, 0.2) is 6.33 Å². The van der Waals surface area contributed by atoms with Crippen molar-refractivity contribution in [1.29, 1.82) is 0 Å². The Morgan fingerprint density at radius 2 is 1.73 bits per heavy atom. The van der Waals surface area contributed by atoms with Gasteiger partial charge in [0.05, 0.1) is 11.2 Å². The van der Waals surface area contributed by atoms with Crippen LogP contribution in [0.1, 0.15) is 27.7 Å². The van der Waals surface area contributed by atoms with Gasteiger partial charge in [0.25, 0.3) is 0 Å². The predicted octanol–water partition coefficient (Wildman–Crippen LogP) is 0.114. The molecule has 15 heavy (non-hydrogen) atoms. The Morgan fingerprint density at radius 1 is 1.20 bits per heavy atom. The van der Waals surface area contributed by atoms with Gasteiger partial charge in [0.2, 0.25) is 0 Å². The largest absolute Gasteiger partial charge is 0.536 e. The molecule has 2 heterocycles. The molecule has 0 amide bonds. The Kier molecular flexibility index (Phi) is 2.17. The summed E-state index contributed by atoms with van der Waals surface area (Å²) in [6.07, 6.45) is 1.64. The SMILES string of the molecule is Cn1cnc(B2OC(C)(C)C(C)(C)O2)n1. The molecule has 0 unspecified atom stereocenters. The van der Waals surface area contributed by atoms with Gasteiger partial charge in [0.15, 0.2) is 5.72 Å². The van der Waals surface area contributed by atoms with E-state index in [9.17, 15) is 0 Å². The lowest BCUT2D eigenvalue weighted by atomic mass is 9.90. The average molecular weight is 209 g/mol. The zero-order chi connectivity index (χ0) is 11.3. The molecule has 2 rings (SSSR count). The van der Waals surface area contributed by atoms with E-state index < -0.39 is 7.12 Å². The maximum Gasteiger partial charge on any atom is 0.536 e. The van der Waals surface area contributed by atoms with Crippen molar-refractivity contribution in [3.8, 4) is 0 Å². The van der Waals surface area contributed by atoms with Crippen molar-refractivity contribution in [2.24, 2.45) is 7.05 Å². The summed E-state index contributed by atoms with van der Waals surface area (Å²) in [5, 5.41) is 4.18. The highest BCUT2D eigenvalue weighted by atomic mass is 16.7. The molecule has 5 nitrogen and oxygen atoms in total. The van der Waals surface area contributed by atoms with E-state index in [1.165, 1.54) is 0 Å². The monoisotopic (exact) mass is 209 g/mol. The van der Waals surface area contributed by atoms with Crippen molar-refractivity contribution in [1.82, 2.24) is 14.8 Å². The van der Waals surface area contributed by atoms with Crippen molar-refractivity contribution in [2.45, 2.75) is 38.9 Å². The van der Waals surface area contributed by atoms with Crippen LogP contribution in [0.3, 0.4) is 0 Å². The van der Waals surface area contributed by atoms with Gasteiger partial charge in [-0.3, -0.25) is 4.68 Å². The maximum atomic E-state index is 5.80. The summed E-state index contributed by atoms with van der Waals surface area (Å²) in [5.41, 5.74) is -0.0931. The molecule has 0 atom stereocenters. The van der Waals surface area contributed by atoms with Gasteiger partial charge in [-0.15, -0.1) is 0 Å². The summed E-state index contributed by atoms with van der Waals surface area (Å²) in [6, 6.07) is 0. The van der Waals surface area contributed by atoms with E-state index in [0.717, 1.165) is 0 Å². The molecule has 82 valence electrons. The van der Waals surface area contributed by atoms with Gasteiger partial charge >= 0.3 is 7.12 Å². The van der Waals surface area contributed by atoms with Gasteiger partial charge in [-0.25, -0.2) is 4.98 Å². The quantitative estimate of drug-likeness (QED) is 0.616. The molecular formula is C9H16BN3O2. The molecular weight excluding hydrogens is 193 g/mol. The van der Waals surface area contributed by atoms with E-state index in [4.69, 9.17) is 9.31 Å². The highest BCUT2D eigenvalue weighted by molar-refractivity contribution is 6.60. The second-order valence-corrected chi connectivity index (χ2v) is 4.86. The average Bonchev–Trinajstić information content (AvgIpc) is 2.56. The van der Waals surface area contributed by atoms with Crippen LogP contribution in [0, 0.1) is 0 Å². The molecule has 0 spiro atoms. The lowest BCUT2D eigenvalue weighted by Gasteiger charge is -2.32.